The lowest BCUT2D eigenvalue weighted by Crippen LogP contribution is -2.22. The second-order valence-corrected chi connectivity index (χ2v) is 4.07. The second kappa shape index (κ2) is 4.73. The minimum absolute atomic E-state index is 0.321. The van der Waals surface area contributed by atoms with Crippen molar-refractivity contribution in [3.8, 4) is 0 Å². The van der Waals surface area contributed by atoms with E-state index in [4.69, 9.17) is 4.74 Å². The van der Waals surface area contributed by atoms with E-state index in [-0.39, 0.29) is 6.10 Å². The SMILES string of the molecule is Cc1ncccc1C(O)C1CCOCC1. The number of aryl methyl sites for hydroxylation is 1. The zero-order valence-electron chi connectivity index (χ0n) is 9.02. The van der Waals surface area contributed by atoms with Crippen LogP contribution in [-0.2, 0) is 4.74 Å². The Morgan fingerprint density at radius 3 is 2.87 bits per heavy atom. The quantitative estimate of drug-likeness (QED) is 0.804. The number of pyridine rings is 1. The van der Waals surface area contributed by atoms with Crippen molar-refractivity contribution >= 4 is 0 Å². The molecule has 1 N–H and O–H groups in total. The molecule has 3 nitrogen and oxygen atoms in total. The number of nitrogens with zero attached hydrogens (tertiary/aromatic N) is 1. The van der Waals surface area contributed by atoms with Gasteiger partial charge in [-0.05, 0) is 31.7 Å². The predicted molar refractivity (Wildman–Crippen MR) is 57.5 cm³/mol. The molecule has 1 aromatic heterocycles. The smallest absolute Gasteiger partial charge is 0.0837 e. The Balaban J connectivity index is 2.12. The molecule has 1 unspecified atom stereocenters. The molecule has 0 aliphatic carbocycles. The van der Waals surface area contributed by atoms with Crippen molar-refractivity contribution in [2.75, 3.05) is 13.2 Å². The maximum absolute atomic E-state index is 10.2. The molecule has 0 bridgehead atoms. The average Bonchev–Trinajstić information content (AvgIpc) is 2.30. The zero-order chi connectivity index (χ0) is 10.7. The van der Waals surface area contributed by atoms with Gasteiger partial charge in [-0.2, -0.15) is 0 Å². The van der Waals surface area contributed by atoms with Gasteiger partial charge in [0.05, 0.1) is 6.10 Å². The summed E-state index contributed by atoms with van der Waals surface area (Å²) >= 11 is 0. The highest BCUT2D eigenvalue weighted by Gasteiger charge is 2.24. The molecule has 1 aromatic rings. The summed E-state index contributed by atoms with van der Waals surface area (Å²) in [7, 11) is 0. The maximum atomic E-state index is 10.2. The summed E-state index contributed by atoms with van der Waals surface area (Å²) in [6.07, 6.45) is 3.25. The Morgan fingerprint density at radius 1 is 1.47 bits per heavy atom. The van der Waals surface area contributed by atoms with Crippen molar-refractivity contribution < 1.29 is 9.84 Å². The molecule has 1 fully saturated rings. The van der Waals surface area contributed by atoms with Gasteiger partial charge in [-0.25, -0.2) is 0 Å². The Bertz CT molecular complexity index is 321. The third kappa shape index (κ3) is 2.36. The summed E-state index contributed by atoms with van der Waals surface area (Å²) in [4.78, 5) is 4.20. The normalized spacial score (nSPS) is 20.1. The van der Waals surface area contributed by atoms with E-state index in [1.807, 2.05) is 19.1 Å². The van der Waals surface area contributed by atoms with Gasteiger partial charge in [0, 0.05) is 30.7 Å². The van der Waals surface area contributed by atoms with Gasteiger partial charge in [0.15, 0.2) is 0 Å². The second-order valence-electron chi connectivity index (χ2n) is 4.07. The van der Waals surface area contributed by atoms with Gasteiger partial charge in [0.2, 0.25) is 0 Å². The Kier molecular flexibility index (Phi) is 3.34. The van der Waals surface area contributed by atoms with Gasteiger partial charge in [0.1, 0.15) is 0 Å². The van der Waals surface area contributed by atoms with Crippen molar-refractivity contribution in [1.82, 2.24) is 4.98 Å². The largest absolute Gasteiger partial charge is 0.388 e. The van der Waals surface area contributed by atoms with Crippen LogP contribution >= 0.6 is 0 Å². The first-order valence-electron chi connectivity index (χ1n) is 5.46. The third-order valence-corrected chi connectivity index (χ3v) is 3.08. The molecule has 82 valence electrons. The minimum Gasteiger partial charge on any atom is -0.388 e. The molecule has 0 amide bonds. The minimum atomic E-state index is -0.386. The Hall–Kier alpha value is -0.930. The molecule has 0 spiro atoms. The topological polar surface area (TPSA) is 42.4 Å². The highest BCUT2D eigenvalue weighted by Crippen LogP contribution is 2.30. The van der Waals surface area contributed by atoms with Gasteiger partial charge >= 0.3 is 0 Å². The maximum Gasteiger partial charge on any atom is 0.0837 e. The standard InChI is InChI=1S/C12H17NO2/c1-9-11(3-2-6-13-9)12(14)10-4-7-15-8-5-10/h2-3,6,10,12,14H,4-5,7-8H2,1H3. The van der Waals surface area contributed by atoms with E-state index in [0.29, 0.717) is 5.92 Å². The van der Waals surface area contributed by atoms with E-state index in [1.54, 1.807) is 6.20 Å². The lowest BCUT2D eigenvalue weighted by molar-refractivity contribution is 0.00681. The lowest BCUT2D eigenvalue weighted by atomic mass is 9.89. The molecule has 15 heavy (non-hydrogen) atoms. The molecule has 1 atom stereocenters. The number of ether oxygens (including phenoxy) is 1. The first-order chi connectivity index (χ1) is 7.29. The number of aromatic nitrogens is 1. The number of hydrogen-bond acceptors (Lipinski definition) is 3. The van der Waals surface area contributed by atoms with Gasteiger partial charge in [0.25, 0.3) is 0 Å². The monoisotopic (exact) mass is 207 g/mol. The van der Waals surface area contributed by atoms with E-state index in [2.05, 4.69) is 4.98 Å². The molecule has 3 heteroatoms. The lowest BCUT2D eigenvalue weighted by Gasteiger charge is -2.27. The van der Waals surface area contributed by atoms with Gasteiger partial charge in [-0.15, -0.1) is 0 Å². The van der Waals surface area contributed by atoms with Crippen LogP contribution in [0.15, 0.2) is 18.3 Å². The highest BCUT2D eigenvalue weighted by atomic mass is 16.5. The van der Waals surface area contributed by atoms with Gasteiger partial charge in [-0.3, -0.25) is 4.98 Å². The summed E-state index contributed by atoms with van der Waals surface area (Å²) in [5.74, 6) is 0.321. The fourth-order valence-electron chi connectivity index (χ4n) is 2.09. The number of rotatable bonds is 2. The number of hydrogen-bond donors (Lipinski definition) is 1. The van der Waals surface area contributed by atoms with Crippen LogP contribution < -0.4 is 0 Å². The third-order valence-electron chi connectivity index (χ3n) is 3.08. The first kappa shape index (κ1) is 10.6. The predicted octanol–water partition coefficient (Wildman–Crippen LogP) is 1.85. The molecular formula is C12H17NO2. The fraction of sp³-hybridized carbons (Fsp3) is 0.583. The van der Waals surface area contributed by atoms with E-state index < -0.39 is 0 Å². The molecular weight excluding hydrogens is 190 g/mol. The van der Waals surface area contributed by atoms with Crippen molar-refractivity contribution in [3.63, 3.8) is 0 Å². The molecule has 1 saturated heterocycles. The van der Waals surface area contributed by atoms with Crippen molar-refractivity contribution in [2.24, 2.45) is 5.92 Å². The number of aliphatic hydroxyl groups is 1. The Morgan fingerprint density at radius 2 is 2.20 bits per heavy atom. The fourth-order valence-corrected chi connectivity index (χ4v) is 2.09. The molecule has 0 aromatic carbocycles. The van der Waals surface area contributed by atoms with Crippen LogP contribution in [0.4, 0.5) is 0 Å². The van der Waals surface area contributed by atoms with Crippen LogP contribution in [0.3, 0.4) is 0 Å². The summed E-state index contributed by atoms with van der Waals surface area (Å²) < 4.78 is 5.29. The van der Waals surface area contributed by atoms with Crippen molar-refractivity contribution in [1.29, 1.82) is 0 Å². The molecule has 1 aliphatic rings. The zero-order valence-corrected chi connectivity index (χ0v) is 9.02. The highest BCUT2D eigenvalue weighted by molar-refractivity contribution is 5.21. The molecule has 1 aliphatic heterocycles. The van der Waals surface area contributed by atoms with Crippen LogP contribution in [0.25, 0.3) is 0 Å². The van der Waals surface area contributed by atoms with Gasteiger partial charge < -0.3 is 9.84 Å². The van der Waals surface area contributed by atoms with E-state index >= 15 is 0 Å². The van der Waals surface area contributed by atoms with E-state index in [0.717, 1.165) is 37.3 Å². The van der Waals surface area contributed by atoms with Crippen LogP contribution in [0.5, 0.6) is 0 Å². The average molecular weight is 207 g/mol. The van der Waals surface area contributed by atoms with Crippen LogP contribution in [-0.4, -0.2) is 23.3 Å². The molecule has 0 saturated carbocycles. The van der Waals surface area contributed by atoms with Crippen molar-refractivity contribution in [2.45, 2.75) is 25.9 Å². The summed E-state index contributed by atoms with van der Waals surface area (Å²) in [6, 6.07) is 3.84. The molecule has 2 heterocycles. The van der Waals surface area contributed by atoms with E-state index in [1.165, 1.54) is 0 Å². The Labute approximate surface area is 90.1 Å². The van der Waals surface area contributed by atoms with Crippen molar-refractivity contribution in [3.05, 3.63) is 29.6 Å². The van der Waals surface area contributed by atoms with Crippen LogP contribution in [0, 0.1) is 12.8 Å². The first-order valence-corrected chi connectivity index (χ1v) is 5.46. The molecule has 0 radical (unpaired) electrons. The van der Waals surface area contributed by atoms with Crippen LogP contribution in [0.2, 0.25) is 0 Å². The van der Waals surface area contributed by atoms with Crippen LogP contribution in [0.1, 0.15) is 30.2 Å². The summed E-state index contributed by atoms with van der Waals surface area (Å²) in [5.41, 5.74) is 1.89. The summed E-state index contributed by atoms with van der Waals surface area (Å²) in [6.45, 7) is 3.47. The van der Waals surface area contributed by atoms with Gasteiger partial charge in [-0.1, -0.05) is 6.07 Å². The summed E-state index contributed by atoms with van der Waals surface area (Å²) in [5, 5.41) is 10.2. The number of aliphatic hydroxyl groups excluding tert-OH is 1. The molecule has 2 rings (SSSR count). The van der Waals surface area contributed by atoms with E-state index in [9.17, 15) is 5.11 Å².